The van der Waals surface area contributed by atoms with Gasteiger partial charge >= 0.3 is 6.18 Å². The molecule has 158 valence electrons. The third kappa shape index (κ3) is 6.76. The van der Waals surface area contributed by atoms with Crippen LogP contribution in [-0.4, -0.2) is 27.7 Å². The van der Waals surface area contributed by atoms with Crippen molar-refractivity contribution in [3.05, 3.63) is 30.2 Å². The average Bonchev–Trinajstić information content (AvgIpc) is 3.10. The predicted molar refractivity (Wildman–Crippen MR) is 104 cm³/mol. The minimum Gasteiger partial charge on any atom is -0.463 e. The first kappa shape index (κ1) is 21.7. The SMILES string of the molecule is O=C(CCCSc1nc(-c2ccco2)cc(C(F)(F)F)n1)NC1CCCCCC1. The number of halogens is 3. The highest BCUT2D eigenvalue weighted by molar-refractivity contribution is 7.99. The van der Waals surface area contributed by atoms with E-state index in [1.807, 2.05) is 0 Å². The van der Waals surface area contributed by atoms with Crippen LogP contribution in [0.1, 0.15) is 57.1 Å². The Morgan fingerprint density at radius 1 is 1.21 bits per heavy atom. The first-order valence-corrected chi connectivity index (χ1v) is 10.8. The molecule has 1 amide bonds. The van der Waals surface area contributed by atoms with E-state index < -0.39 is 11.9 Å². The van der Waals surface area contributed by atoms with E-state index >= 15 is 0 Å². The zero-order valence-corrected chi connectivity index (χ0v) is 16.8. The number of aromatic nitrogens is 2. The highest BCUT2D eigenvalue weighted by atomic mass is 32.2. The van der Waals surface area contributed by atoms with Gasteiger partial charge in [-0.1, -0.05) is 37.4 Å². The monoisotopic (exact) mass is 427 g/mol. The molecule has 1 aliphatic carbocycles. The van der Waals surface area contributed by atoms with Crippen molar-refractivity contribution in [2.24, 2.45) is 0 Å². The maximum Gasteiger partial charge on any atom is 0.433 e. The molecule has 29 heavy (non-hydrogen) atoms. The molecule has 0 spiro atoms. The molecule has 9 heteroatoms. The van der Waals surface area contributed by atoms with Crippen LogP contribution in [0.25, 0.3) is 11.5 Å². The fourth-order valence-electron chi connectivity index (χ4n) is 3.31. The lowest BCUT2D eigenvalue weighted by Gasteiger charge is -2.16. The Balaban J connectivity index is 1.53. The van der Waals surface area contributed by atoms with Crippen molar-refractivity contribution in [1.29, 1.82) is 0 Å². The van der Waals surface area contributed by atoms with Crippen LogP contribution < -0.4 is 5.32 Å². The second-order valence-electron chi connectivity index (χ2n) is 7.10. The van der Waals surface area contributed by atoms with Gasteiger partial charge < -0.3 is 9.73 Å². The predicted octanol–water partition coefficient (Wildman–Crippen LogP) is 5.47. The second kappa shape index (κ2) is 10.1. The Hall–Kier alpha value is -2.03. The Morgan fingerprint density at radius 2 is 1.97 bits per heavy atom. The zero-order valence-electron chi connectivity index (χ0n) is 16.0. The molecule has 2 heterocycles. The van der Waals surface area contributed by atoms with Gasteiger partial charge in [0.25, 0.3) is 0 Å². The maximum absolute atomic E-state index is 13.2. The van der Waals surface area contributed by atoms with E-state index in [4.69, 9.17) is 4.42 Å². The number of hydrogen-bond acceptors (Lipinski definition) is 5. The van der Waals surface area contributed by atoms with Crippen molar-refractivity contribution < 1.29 is 22.4 Å². The van der Waals surface area contributed by atoms with Crippen LogP contribution in [0.3, 0.4) is 0 Å². The molecule has 0 unspecified atom stereocenters. The Kier molecular flexibility index (Phi) is 7.57. The molecule has 1 N–H and O–H groups in total. The third-order valence-electron chi connectivity index (χ3n) is 4.77. The number of amides is 1. The van der Waals surface area contributed by atoms with Gasteiger partial charge in [-0.15, -0.1) is 0 Å². The molecule has 0 radical (unpaired) electrons. The summed E-state index contributed by atoms with van der Waals surface area (Å²) in [5, 5.41) is 3.10. The summed E-state index contributed by atoms with van der Waals surface area (Å²) in [4.78, 5) is 19.9. The lowest BCUT2D eigenvalue weighted by molar-refractivity contribution is -0.141. The van der Waals surface area contributed by atoms with Crippen molar-refractivity contribution in [1.82, 2.24) is 15.3 Å². The molecule has 0 aliphatic heterocycles. The zero-order chi connectivity index (χ0) is 20.7. The summed E-state index contributed by atoms with van der Waals surface area (Å²) in [6.45, 7) is 0. The van der Waals surface area contributed by atoms with Crippen LogP contribution in [-0.2, 0) is 11.0 Å². The summed E-state index contributed by atoms with van der Waals surface area (Å²) < 4.78 is 44.6. The van der Waals surface area contributed by atoms with E-state index in [1.165, 1.54) is 19.1 Å². The van der Waals surface area contributed by atoms with E-state index in [1.54, 1.807) is 12.1 Å². The van der Waals surface area contributed by atoms with Crippen molar-refractivity contribution >= 4 is 17.7 Å². The van der Waals surface area contributed by atoms with Gasteiger partial charge in [-0.3, -0.25) is 4.79 Å². The summed E-state index contributed by atoms with van der Waals surface area (Å²) in [5.41, 5.74) is -0.918. The molecule has 0 bridgehead atoms. The Morgan fingerprint density at radius 3 is 2.62 bits per heavy atom. The molecule has 1 fully saturated rings. The van der Waals surface area contributed by atoms with Crippen LogP contribution in [0.4, 0.5) is 13.2 Å². The molecule has 0 aromatic carbocycles. The molecule has 0 atom stereocenters. The van der Waals surface area contributed by atoms with Gasteiger partial charge in [-0.25, -0.2) is 9.97 Å². The van der Waals surface area contributed by atoms with E-state index in [9.17, 15) is 18.0 Å². The van der Waals surface area contributed by atoms with Crippen molar-refractivity contribution in [3.8, 4) is 11.5 Å². The Labute approximate surface area is 171 Å². The molecule has 2 aromatic rings. The topological polar surface area (TPSA) is 68.0 Å². The molecular formula is C20H24F3N3O2S. The number of carbonyl (C=O) groups is 1. The summed E-state index contributed by atoms with van der Waals surface area (Å²) in [6.07, 6.45) is 4.47. The number of carbonyl (C=O) groups excluding carboxylic acids is 1. The van der Waals surface area contributed by atoms with E-state index in [0.717, 1.165) is 43.5 Å². The molecule has 1 saturated carbocycles. The summed E-state index contributed by atoms with van der Waals surface area (Å²) in [7, 11) is 0. The summed E-state index contributed by atoms with van der Waals surface area (Å²) in [5.74, 6) is 0.707. The molecular weight excluding hydrogens is 403 g/mol. The van der Waals surface area contributed by atoms with Gasteiger partial charge in [-0.2, -0.15) is 13.2 Å². The quantitative estimate of drug-likeness (QED) is 0.275. The first-order chi connectivity index (χ1) is 13.9. The smallest absolute Gasteiger partial charge is 0.433 e. The highest BCUT2D eigenvalue weighted by Gasteiger charge is 2.34. The molecule has 0 saturated heterocycles. The maximum atomic E-state index is 13.2. The van der Waals surface area contributed by atoms with Gasteiger partial charge in [0, 0.05) is 18.2 Å². The Bertz CT molecular complexity index is 789. The summed E-state index contributed by atoms with van der Waals surface area (Å²) in [6, 6.07) is 4.27. The number of nitrogens with one attached hydrogen (secondary N) is 1. The number of nitrogens with zero attached hydrogens (tertiary/aromatic N) is 2. The average molecular weight is 427 g/mol. The molecule has 5 nitrogen and oxygen atoms in total. The van der Waals surface area contributed by atoms with Crippen LogP contribution in [0.5, 0.6) is 0 Å². The van der Waals surface area contributed by atoms with Crippen molar-refractivity contribution in [2.45, 2.75) is 68.7 Å². The minimum absolute atomic E-state index is 0.00117. The fourth-order valence-corrected chi connectivity index (χ4v) is 4.10. The molecule has 3 rings (SSSR count). The number of thioether (sulfide) groups is 1. The van der Waals surface area contributed by atoms with E-state index in [2.05, 4.69) is 15.3 Å². The van der Waals surface area contributed by atoms with Crippen LogP contribution in [0.15, 0.2) is 34.0 Å². The van der Waals surface area contributed by atoms with Gasteiger partial charge in [0.15, 0.2) is 10.9 Å². The molecule has 2 aromatic heterocycles. The second-order valence-corrected chi connectivity index (χ2v) is 8.17. The van der Waals surface area contributed by atoms with Crippen LogP contribution >= 0.6 is 11.8 Å². The van der Waals surface area contributed by atoms with Crippen molar-refractivity contribution in [3.63, 3.8) is 0 Å². The number of furan rings is 1. The standard InChI is InChI=1S/C20H24F3N3O2S/c21-20(22,23)17-13-15(16-9-5-11-28-16)25-19(26-17)29-12-6-10-18(27)24-14-7-3-1-2-4-8-14/h5,9,11,13-14H,1-4,6-8,10,12H2,(H,24,27). The normalized spacial score (nSPS) is 15.8. The van der Waals surface area contributed by atoms with Crippen LogP contribution in [0.2, 0.25) is 0 Å². The van der Waals surface area contributed by atoms with Gasteiger partial charge in [0.1, 0.15) is 11.4 Å². The third-order valence-corrected chi connectivity index (χ3v) is 5.70. The first-order valence-electron chi connectivity index (χ1n) is 9.84. The van der Waals surface area contributed by atoms with Gasteiger partial charge in [0.05, 0.1) is 6.26 Å². The lowest BCUT2D eigenvalue weighted by Crippen LogP contribution is -2.34. The number of hydrogen-bond donors (Lipinski definition) is 1. The van der Waals surface area contributed by atoms with Crippen LogP contribution in [0, 0.1) is 0 Å². The van der Waals surface area contributed by atoms with E-state index in [-0.39, 0.29) is 28.6 Å². The van der Waals surface area contributed by atoms with Crippen molar-refractivity contribution in [2.75, 3.05) is 5.75 Å². The van der Waals surface area contributed by atoms with Gasteiger partial charge in [0.2, 0.25) is 5.91 Å². The van der Waals surface area contributed by atoms with E-state index in [0.29, 0.717) is 18.6 Å². The lowest BCUT2D eigenvalue weighted by atomic mass is 10.1. The fraction of sp³-hybridized carbons (Fsp3) is 0.550. The summed E-state index contributed by atoms with van der Waals surface area (Å²) >= 11 is 1.11. The number of rotatable bonds is 7. The largest absolute Gasteiger partial charge is 0.463 e. The number of alkyl halides is 3. The van der Waals surface area contributed by atoms with Gasteiger partial charge in [-0.05, 0) is 37.5 Å². The highest BCUT2D eigenvalue weighted by Crippen LogP contribution is 2.32. The minimum atomic E-state index is -4.57. The molecule has 1 aliphatic rings.